The molecule has 0 bridgehead atoms. The molecule has 19 heavy (non-hydrogen) atoms. The average molecular weight is 264 g/mol. The van der Waals surface area contributed by atoms with Crippen molar-refractivity contribution in [3.05, 3.63) is 24.3 Å². The number of nitrogens with zero attached hydrogens (tertiary/aromatic N) is 1. The van der Waals surface area contributed by atoms with Crippen LogP contribution in [0.15, 0.2) is 24.3 Å². The van der Waals surface area contributed by atoms with Crippen LogP contribution in [0.5, 0.6) is 5.75 Å². The van der Waals surface area contributed by atoms with Crippen LogP contribution in [0.25, 0.3) is 0 Å². The van der Waals surface area contributed by atoms with E-state index in [1.807, 2.05) is 24.3 Å². The number of hydrogen-bond donors (Lipinski definition) is 1. The zero-order valence-corrected chi connectivity index (χ0v) is 12.7. The maximum Gasteiger partial charge on any atom is 0.142 e. The second-order valence-electron chi connectivity index (χ2n) is 5.93. The highest BCUT2D eigenvalue weighted by atomic mass is 16.5. The van der Waals surface area contributed by atoms with Gasteiger partial charge in [0.15, 0.2) is 0 Å². The van der Waals surface area contributed by atoms with Crippen LogP contribution < -0.4 is 10.5 Å². The first kappa shape index (κ1) is 15.8. The average Bonchev–Trinajstić information content (AvgIpc) is 2.30. The monoisotopic (exact) mass is 264 g/mol. The molecule has 1 rings (SSSR count). The third-order valence-corrected chi connectivity index (χ3v) is 2.83. The van der Waals surface area contributed by atoms with E-state index >= 15 is 0 Å². The summed E-state index contributed by atoms with van der Waals surface area (Å²) in [6.07, 6.45) is 0. The smallest absolute Gasteiger partial charge is 0.142 e. The summed E-state index contributed by atoms with van der Waals surface area (Å²) in [4.78, 5) is 2.47. The molecular formula is C16H28N2O. The van der Waals surface area contributed by atoms with Gasteiger partial charge in [-0.3, -0.25) is 4.90 Å². The Morgan fingerprint density at radius 3 is 2.16 bits per heavy atom. The molecule has 0 aliphatic heterocycles. The Labute approximate surface area is 117 Å². The number of anilines is 1. The van der Waals surface area contributed by atoms with E-state index < -0.39 is 0 Å². The third-order valence-electron chi connectivity index (χ3n) is 2.83. The highest BCUT2D eigenvalue weighted by molar-refractivity contribution is 5.51. The lowest BCUT2D eigenvalue weighted by molar-refractivity contribution is 0.178. The molecule has 0 unspecified atom stereocenters. The molecule has 0 saturated heterocycles. The van der Waals surface area contributed by atoms with Crippen LogP contribution in [0.1, 0.15) is 27.7 Å². The predicted molar refractivity (Wildman–Crippen MR) is 82.5 cm³/mol. The maximum absolute atomic E-state index is 5.86. The highest BCUT2D eigenvalue weighted by Gasteiger charge is 2.09. The summed E-state index contributed by atoms with van der Waals surface area (Å²) >= 11 is 0. The van der Waals surface area contributed by atoms with Gasteiger partial charge in [-0.2, -0.15) is 0 Å². The Bertz CT molecular complexity index is 354. The van der Waals surface area contributed by atoms with Gasteiger partial charge in [-0.15, -0.1) is 0 Å². The summed E-state index contributed by atoms with van der Waals surface area (Å²) < 4.78 is 5.76. The van der Waals surface area contributed by atoms with Gasteiger partial charge in [0.2, 0.25) is 0 Å². The number of para-hydroxylation sites is 2. The van der Waals surface area contributed by atoms with E-state index in [4.69, 9.17) is 10.5 Å². The van der Waals surface area contributed by atoms with E-state index in [2.05, 4.69) is 32.6 Å². The molecule has 0 saturated carbocycles. The van der Waals surface area contributed by atoms with Crippen LogP contribution >= 0.6 is 0 Å². The fourth-order valence-corrected chi connectivity index (χ4v) is 2.19. The minimum absolute atomic E-state index is 0.681. The van der Waals surface area contributed by atoms with Crippen LogP contribution in [0, 0.1) is 11.8 Å². The maximum atomic E-state index is 5.86. The first-order chi connectivity index (χ1) is 8.99. The number of rotatable bonds is 8. The molecule has 0 atom stereocenters. The summed E-state index contributed by atoms with van der Waals surface area (Å²) in [5, 5.41) is 0. The van der Waals surface area contributed by atoms with Gasteiger partial charge in [-0.05, 0) is 24.0 Å². The number of benzene rings is 1. The first-order valence-corrected chi connectivity index (χ1v) is 7.18. The van der Waals surface area contributed by atoms with Gasteiger partial charge < -0.3 is 10.5 Å². The van der Waals surface area contributed by atoms with Crippen molar-refractivity contribution in [2.24, 2.45) is 11.8 Å². The summed E-state index contributed by atoms with van der Waals surface area (Å²) in [6.45, 7) is 12.9. The molecule has 3 heteroatoms. The molecule has 1 aromatic rings. The summed E-state index contributed by atoms with van der Waals surface area (Å²) in [6, 6.07) is 7.66. The SMILES string of the molecule is CC(C)CN(CCOc1ccccc1N)CC(C)C. The topological polar surface area (TPSA) is 38.5 Å². The lowest BCUT2D eigenvalue weighted by Crippen LogP contribution is -2.34. The minimum atomic E-state index is 0.681. The lowest BCUT2D eigenvalue weighted by Gasteiger charge is -2.26. The van der Waals surface area contributed by atoms with E-state index in [0.717, 1.165) is 25.4 Å². The summed E-state index contributed by atoms with van der Waals surface area (Å²) in [5.41, 5.74) is 6.57. The van der Waals surface area contributed by atoms with Gasteiger partial charge in [0, 0.05) is 19.6 Å². The van der Waals surface area contributed by atoms with E-state index in [0.29, 0.717) is 24.1 Å². The van der Waals surface area contributed by atoms with Crippen molar-refractivity contribution in [3.8, 4) is 5.75 Å². The molecule has 0 spiro atoms. The molecule has 2 N–H and O–H groups in total. The van der Waals surface area contributed by atoms with E-state index in [-0.39, 0.29) is 0 Å². The molecule has 0 aliphatic rings. The van der Waals surface area contributed by atoms with Crippen LogP contribution in [0.3, 0.4) is 0 Å². The summed E-state index contributed by atoms with van der Waals surface area (Å²) in [7, 11) is 0. The van der Waals surface area contributed by atoms with E-state index in [9.17, 15) is 0 Å². The Morgan fingerprint density at radius 2 is 1.63 bits per heavy atom. The molecule has 108 valence electrons. The van der Waals surface area contributed by atoms with Crippen molar-refractivity contribution in [2.45, 2.75) is 27.7 Å². The predicted octanol–water partition coefficient (Wildman–Crippen LogP) is 3.26. The van der Waals surface area contributed by atoms with Crippen molar-refractivity contribution in [2.75, 3.05) is 32.0 Å². The van der Waals surface area contributed by atoms with E-state index in [1.165, 1.54) is 0 Å². The Morgan fingerprint density at radius 1 is 1.05 bits per heavy atom. The van der Waals surface area contributed by atoms with Crippen LogP contribution in [0.4, 0.5) is 5.69 Å². The number of ether oxygens (including phenoxy) is 1. The molecule has 0 aliphatic carbocycles. The van der Waals surface area contributed by atoms with Gasteiger partial charge in [0.1, 0.15) is 12.4 Å². The molecule has 0 amide bonds. The van der Waals surface area contributed by atoms with Crippen molar-refractivity contribution in [3.63, 3.8) is 0 Å². The Hall–Kier alpha value is -1.22. The largest absolute Gasteiger partial charge is 0.490 e. The van der Waals surface area contributed by atoms with Gasteiger partial charge in [0.05, 0.1) is 5.69 Å². The minimum Gasteiger partial charge on any atom is -0.490 e. The van der Waals surface area contributed by atoms with Crippen LogP contribution in [-0.2, 0) is 0 Å². The fraction of sp³-hybridized carbons (Fsp3) is 0.625. The van der Waals surface area contributed by atoms with Crippen molar-refractivity contribution >= 4 is 5.69 Å². The fourth-order valence-electron chi connectivity index (χ4n) is 2.19. The molecule has 0 heterocycles. The molecule has 0 fully saturated rings. The number of nitrogens with two attached hydrogens (primary N) is 1. The molecular weight excluding hydrogens is 236 g/mol. The molecule has 1 aromatic carbocycles. The normalized spacial score (nSPS) is 11.5. The van der Waals surface area contributed by atoms with Gasteiger partial charge >= 0.3 is 0 Å². The zero-order chi connectivity index (χ0) is 14.3. The third kappa shape index (κ3) is 6.48. The van der Waals surface area contributed by atoms with Crippen molar-refractivity contribution in [1.82, 2.24) is 4.90 Å². The van der Waals surface area contributed by atoms with Crippen molar-refractivity contribution in [1.29, 1.82) is 0 Å². The van der Waals surface area contributed by atoms with Gasteiger partial charge in [0.25, 0.3) is 0 Å². The quantitative estimate of drug-likeness (QED) is 0.732. The number of hydrogen-bond acceptors (Lipinski definition) is 3. The molecule has 0 radical (unpaired) electrons. The summed E-state index contributed by atoms with van der Waals surface area (Å²) in [5.74, 6) is 2.15. The highest BCUT2D eigenvalue weighted by Crippen LogP contribution is 2.19. The Kier molecular flexibility index (Phi) is 6.71. The van der Waals surface area contributed by atoms with Gasteiger partial charge in [-0.25, -0.2) is 0 Å². The molecule has 3 nitrogen and oxygen atoms in total. The first-order valence-electron chi connectivity index (χ1n) is 7.18. The lowest BCUT2D eigenvalue weighted by atomic mass is 10.1. The molecule has 0 aromatic heterocycles. The zero-order valence-electron chi connectivity index (χ0n) is 12.7. The standard InChI is InChI=1S/C16H28N2O/c1-13(2)11-18(12-14(3)4)9-10-19-16-8-6-5-7-15(16)17/h5-8,13-14H,9-12,17H2,1-4H3. The second kappa shape index (κ2) is 8.05. The van der Waals surface area contributed by atoms with Gasteiger partial charge in [-0.1, -0.05) is 39.8 Å². The number of nitrogen functional groups attached to an aromatic ring is 1. The second-order valence-corrected chi connectivity index (χ2v) is 5.93. The van der Waals surface area contributed by atoms with Crippen LogP contribution in [-0.4, -0.2) is 31.1 Å². The van der Waals surface area contributed by atoms with E-state index in [1.54, 1.807) is 0 Å². The van der Waals surface area contributed by atoms with Crippen LogP contribution in [0.2, 0.25) is 0 Å². The van der Waals surface area contributed by atoms with Crippen molar-refractivity contribution < 1.29 is 4.74 Å². The Balaban J connectivity index is 2.41.